The third-order valence-corrected chi connectivity index (χ3v) is 2.29. The second kappa shape index (κ2) is 4.45. The Bertz CT molecular complexity index is 501. The summed E-state index contributed by atoms with van der Waals surface area (Å²) in [4.78, 5) is 10.5. The van der Waals surface area contributed by atoms with Crippen LogP contribution in [0.5, 0.6) is 0 Å². The predicted octanol–water partition coefficient (Wildman–Crippen LogP) is 2.51. The number of alkyl halides is 3. The Labute approximate surface area is 95.1 Å². The normalized spacial score (nSPS) is 11.0. The van der Waals surface area contributed by atoms with Crippen molar-refractivity contribution in [3.8, 4) is 6.07 Å². The summed E-state index contributed by atoms with van der Waals surface area (Å²) < 4.78 is 37.9. The minimum atomic E-state index is -4.59. The highest BCUT2D eigenvalue weighted by Gasteiger charge is 2.33. The van der Waals surface area contributed by atoms with Crippen LogP contribution in [0.3, 0.4) is 0 Å². The third kappa shape index (κ3) is 2.97. The number of aliphatic carboxylic acids is 1. The molecule has 0 aliphatic carbocycles. The number of rotatable bonds is 2. The van der Waals surface area contributed by atoms with Crippen LogP contribution in [0, 0.1) is 18.3 Å². The molecule has 17 heavy (non-hydrogen) atoms. The zero-order chi connectivity index (χ0) is 13.2. The van der Waals surface area contributed by atoms with Crippen molar-refractivity contribution in [1.82, 2.24) is 0 Å². The topological polar surface area (TPSA) is 61.1 Å². The number of carboxylic acids is 1. The van der Waals surface area contributed by atoms with E-state index in [1.54, 1.807) is 6.07 Å². The molecule has 1 aromatic rings. The van der Waals surface area contributed by atoms with Crippen LogP contribution in [0.4, 0.5) is 13.2 Å². The van der Waals surface area contributed by atoms with Gasteiger partial charge in [-0.15, -0.1) is 0 Å². The monoisotopic (exact) mass is 243 g/mol. The minimum absolute atomic E-state index is 0.00359. The molecule has 0 aliphatic rings. The highest BCUT2D eigenvalue weighted by Crippen LogP contribution is 2.34. The average molecular weight is 243 g/mol. The molecule has 0 aliphatic heterocycles. The standard InChI is InChI=1S/C11H8F3NO2/c1-6-8(4-10(16)17)2-7(5-15)3-9(6)11(12,13)14/h2-3H,4H2,1H3,(H,16,17). The van der Waals surface area contributed by atoms with Crippen molar-refractivity contribution in [2.75, 3.05) is 0 Å². The van der Waals surface area contributed by atoms with E-state index in [9.17, 15) is 18.0 Å². The Hall–Kier alpha value is -2.03. The molecule has 1 rings (SSSR count). The summed E-state index contributed by atoms with van der Waals surface area (Å²) in [7, 11) is 0. The molecule has 0 aromatic heterocycles. The second-order valence-corrected chi connectivity index (χ2v) is 3.49. The molecule has 0 fully saturated rings. The van der Waals surface area contributed by atoms with Gasteiger partial charge in [0.15, 0.2) is 0 Å². The smallest absolute Gasteiger partial charge is 0.416 e. The van der Waals surface area contributed by atoms with Crippen LogP contribution < -0.4 is 0 Å². The van der Waals surface area contributed by atoms with Crippen LogP contribution >= 0.6 is 0 Å². The molecule has 0 unspecified atom stereocenters. The Balaban J connectivity index is 3.42. The number of halogens is 3. The van der Waals surface area contributed by atoms with Crippen molar-refractivity contribution in [1.29, 1.82) is 5.26 Å². The number of hydrogen-bond donors (Lipinski definition) is 1. The first-order valence-corrected chi connectivity index (χ1v) is 4.58. The summed E-state index contributed by atoms with van der Waals surface area (Å²) in [5.41, 5.74) is -1.31. The molecular formula is C11H8F3NO2. The van der Waals surface area contributed by atoms with E-state index >= 15 is 0 Å². The van der Waals surface area contributed by atoms with E-state index < -0.39 is 24.1 Å². The second-order valence-electron chi connectivity index (χ2n) is 3.49. The van der Waals surface area contributed by atoms with Crippen LogP contribution in [-0.4, -0.2) is 11.1 Å². The van der Waals surface area contributed by atoms with Crippen LogP contribution in [0.25, 0.3) is 0 Å². The third-order valence-electron chi connectivity index (χ3n) is 2.29. The molecule has 0 radical (unpaired) electrons. The maximum Gasteiger partial charge on any atom is 0.416 e. The lowest BCUT2D eigenvalue weighted by atomic mass is 9.96. The number of nitrogens with zero attached hydrogens (tertiary/aromatic N) is 1. The van der Waals surface area contributed by atoms with Crippen LogP contribution in [0.2, 0.25) is 0 Å². The van der Waals surface area contributed by atoms with Gasteiger partial charge < -0.3 is 5.11 Å². The number of benzene rings is 1. The van der Waals surface area contributed by atoms with Gasteiger partial charge in [-0.2, -0.15) is 18.4 Å². The first-order chi connectivity index (χ1) is 7.75. The van der Waals surface area contributed by atoms with Crippen molar-refractivity contribution < 1.29 is 23.1 Å². The van der Waals surface area contributed by atoms with E-state index in [0.717, 1.165) is 6.07 Å². The molecule has 0 bridgehead atoms. The van der Waals surface area contributed by atoms with Crippen molar-refractivity contribution >= 4 is 5.97 Å². The quantitative estimate of drug-likeness (QED) is 0.868. The summed E-state index contributed by atoms with van der Waals surface area (Å²) in [5.74, 6) is -1.24. The van der Waals surface area contributed by atoms with Gasteiger partial charge in [0, 0.05) is 0 Å². The molecule has 1 N–H and O–H groups in total. The highest BCUT2D eigenvalue weighted by molar-refractivity contribution is 5.71. The van der Waals surface area contributed by atoms with E-state index in [1.807, 2.05) is 0 Å². The Morgan fingerprint density at radius 1 is 1.47 bits per heavy atom. The van der Waals surface area contributed by atoms with Gasteiger partial charge in [0.25, 0.3) is 0 Å². The molecule has 3 nitrogen and oxygen atoms in total. The number of carbonyl (C=O) groups is 1. The van der Waals surface area contributed by atoms with Crippen molar-refractivity contribution in [3.05, 3.63) is 34.4 Å². The molecule has 0 spiro atoms. The predicted molar refractivity (Wildman–Crippen MR) is 52.2 cm³/mol. The fourth-order valence-corrected chi connectivity index (χ4v) is 1.48. The largest absolute Gasteiger partial charge is 0.481 e. The lowest BCUT2D eigenvalue weighted by molar-refractivity contribution is -0.139. The zero-order valence-corrected chi connectivity index (χ0v) is 8.80. The van der Waals surface area contributed by atoms with Gasteiger partial charge in [-0.1, -0.05) is 0 Å². The summed E-state index contributed by atoms with van der Waals surface area (Å²) in [6, 6.07) is 3.48. The van der Waals surface area contributed by atoms with E-state index in [0.29, 0.717) is 0 Å². The molecule has 6 heteroatoms. The van der Waals surface area contributed by atoms with E-state index in [4.69, 9.17) is 10.4 Å². The fraction of sp³-hybridized carbons (Fsp3) is 0.273. The lowest BCUT2D eigenvalue weighted by Crippen LogP contribution is -2.12. The summed E-state index contributed by atoms with van der Waals surface area (Å²) in [6.07, 6.45) is -5.13. The SMILES string of the molecule is Cc1c(CC(=O)O)cc(C#N)cc1C(F)(F)F. The van der Waals surface area contributed by atoms with Crippen molar-refractivity contribution in [3.63, 3.8) is 0 Å². The minimum Gasteiger partial charge on any atom is -0.481 e. The molecule has 0 heterocycles. The van der Waals surface area contributed by atoms with Crippen LogP contribution in [0.1, 0.15) is 22.3 Å². The van der Waals surface area contributed by atoms with Crippen LogP contribution in [0.15, 0.2) is 12.1 Å². The molecule has 0 saturated carbocycles. The number of hydrogen-bond acceptors (Lipinski definition) is 2. The lowest BCUT2D eigenvalue weighted by Gasteiger charge is -2.13. The van der Waals surface area contributed by atoms with Gasteiger partial charge in [-0.05, 0) is 30.2 Å². The van der Waals surface area contributed by atoms with E-state index in [-0.39, 0.29) is 16.7 Å². The van der Waals surface area contributed by atoms with E-state index in [1.165, 1.54) is 13.0 Å². The summed E-state index contributed by atoms with van der Waals surface area (Å²) >= 11 is 0. The first-order valence-electron chi connectivity index (χ1n) is 4.58. The average Bonchev–Trinajstić information content (AvgIpc) is 2.18. The molecule has 90 valence electrons. The van der Waals surface area contributed by atoms with Gasteiger partial charge in [-0.3, -0.25) is 4.79 Å². The molecule has 1 aromatic carbocycles. The Kier molecular flexibility index (Phi) is 3.42. The number of nitriles is 1. The van der Waals surface area contributed by atoms with Crippen molar-refractivity contribution in [2.45, 2.75) is 19.5 Å². The molecule has 0 atom stereocenters. The molecular weight excluding hydrogens is 235 g/mol. The first kappa shape index (κ1) is 13.0. The maximum atomic E-state index is 12.6. The number of carboxylic acid groups (broad SMARTS) is 1. The summed E-state index contributed by atoms with van der Waals surface area (Å²) in [6.45, 7) is 1.20. The fourth-order valence-electron chi connectivity index (χ4n) is 1.48. The van der Waals surface area contributed by atoms with Gasteiger partial charge in [0.05, 0.1) is 23.6 Å². The van der Waals surface area contributed by atoms with Gasteiger partial charge in [0.2, 0.25) is 0 Å². The maximum absolute atomic E-state index is 12.6. The molecule has 0 saturated heterocycles. The Morgan fingerprint density at radius 3 is 2.47 bits per heavy atom. The van der Waals surface area contributed by atoms with E-state index in [2.05, 4.69) is 0 Å². The van der Waals surface area contributed by atoms with Crippen molar-refractivity contribution in [2.24, 2.45) is 0 Å². The molecule has 0 amide bonds. The Morgan fingerprint density at radius 2 is 2.06 bits per heavy atom. The van der Waals surface area contributed by atoms with Gasteiger partial charge in [0.1, 0.15) is 0 Å². The van der Waals surface area contributed by atoms with Gasteiger partial charge in [-0.25, -0.2) is 0 Å². The highest BCUT2D eigenvalue weighted by atomic mass is 19.4. The zero-order valence-electron chi connectivity index (χ0n) is 8.80. The van der Waals surface area contributed by atoms with Gasteiger partial charge >= 0.3 is 12.1 Å². The van der Waals surface area contributed by atoms with Crippen LogP contribution in [-0.2, 0) is 17.4 Å². The summed E-state index contributed by atoms with van der Waals surface area (Å²) in [5, 5.41) is 17.2.